The Bertz CT molecular complexity index is 332. The second-order valence-corrected chi connectivity index (χ2v) is 2.91. The number of rotatable bonds is 0. The first kappa shape index (κ1) is 8.07. The smallest absolute Gasteiger partial charge is 0.210 e. The third-order valence-corrected chi connectivity index (χ3v) is 2.06. The van der Waals surface area contributed by atoms with E-state index in [9.17, 15) is 0 Å². The fraction of sp³-hybridized carbons (Fsp3) is 0.222. The highest BCUT2D eigenvalue weighted by Gasteiger charge is 2.07. The van der Waals surface area contributed by atoms with Crippen molar-refractivity contribution >= 4 is 11.6 Å². The van der Waals surface area contributed by atoms with E-state index in [2.05, 4.69) is 21.8 Å². The highest BCUT2D eigenvalue weighted by atomic mass is 15.3. The maximum Gasteiger partial charge on any atom is 0.210 e. The van der Waals surface area contributed by atoms with Gasteiger partial charge in [-0.1, -0.05) is 18.2 Å². The van der Waals surface area contributed by atoms with E-state index in [1.54, 1.807) is 0 Å². The zero-order chi connectivity index (χ0) is 9.10. The minimum absolute atomic E-state index is 0.630. The van der Waals surface area contributed by atoms with Crippen molar-refractivity contribution in [3.05, 3.63) is 29.8 Å². The van der Waals surface area contributed by atoms with E-state index in [-0.39, 0.29) is 0 Å². The average molecular weight is 176 g/mol. The van der Waals surface area contributed by atoms with Crippen molar-refractivity contribution in [2.75, 3.05) is 11.9 Å². The van der Waals surface area contributed by atoms with Gasteiger partial charge in [0.1, 0.15) is 0 Å². The summed E-state index contributed by atoms with van der Waals surface area (Å²) in [7, 11) is 0. The molecular weight excluding hydrogens is 164 g/mol. The molecule has 0 radical (unpaired) electrons. The lowest BCUT2D eigenvalue weighted by atomic mass is 10.1. The summed E-state index contributed by atoms with van der Waals surface area (Å²) in [5.41, 5.74) is 4.88. The predicted octanol–water partition coefficient (Wildman–Crippen LogP) is 0.474. The van der Waals surface area contributed by atoms with E-state index in [0.29, 0.717) is 5.96 Å². The fourth-order valence-electron chi connectivity index (χ4n) is 1.40. The Kier molecular flexibility index (Phi) is 2.14. The topological polar surface area (TPSA) is 62.4 Å². The number of fused-ring (bicyclic) bond motifs is 1. The van der Waals surface area contributed by atoms with E-state index in [4.69, 9.17) is 5.84 Å². The van der Waals surface area contributed by atoms with E-state index in [1.165, 1.54) is 5.56 Å². The van der Waals surface area contributed by atoms with Gasteiger partial charge in [0.05, 0.1) is 0 Å². The van der Waals surface area contributed by atoms with Gasteiger partial charge in [0, 0.05) is 12.2 Å². The van der Waals surface area contributed by atoms with Crippen LogP contribution >= 0.6 is 0 Å². The number of hydrogen-bond acceptors (Lipinski definition) is 4. The molecule has 0 fully saturated rings. The molecule has 0 saturated carbocycles. The molecule has 1 heterocycles. The van der Waals surface area contributed by atoms with Crippen molar-refractivity contribution in [2.24, 2.45) is 10.8 Å². The van der Waals surface area contributed by atoms with Crippen LogP contribution in [0.25, 0.3) is 0 Å². The van der Waals surface area contributed by atoms with Crippen molar-refractivity contribution in [2.45, 2.75) is 6.42 Å². The van der Waals surface area contributed by atoms with Crippen LogP contribution in [-0.4, -0.2) is 12.5 Å². The van der Waals surface area contributed by atoms with Gasteiger partial charge >= 0.3 is 0 Å². The van der Waals surface area contributed by atoms with E-state index >= 15 is 0 Å². The summed E-state index contributed by atoms with van der Waals surface area (Å²) in [5.74, 6) is 5.92. The van der Waals surface area contributed by atoms with Crippen molar-refractivity contribution in [1.29, 1.82) is 0 Å². The number of nitrogens with two attached hydrogens (primary N) is 1. The summed E-state index contributed by atoms with van der Waals surface area (Å²) in [6.07, 6.45) is 0.953. The number of nitrogens with zero attached hydrogens (tertiary/aromatic N) is 1. The molecule has 1 aromatic carbocycles. The van der Waals surface area contributed by atoms with E-state index < -0.39 is 0 Å². The van der Waals surface area contributed by atoms with Gasteiger partial charge in [0.2, 0.25) is 5.96 Å². The number of aliphatic imine (C=N–C) groups is 1. The Balaban J connectivity index is 2.31. The molecular formula is C9H12N4. The summed E-state index contributed by atoms with van der Waals surface area (Å²) < 4.78 is 0. The molecule has 68 valence electrons. The van der Waals surface area contributed by atoms with Crippen LogP contribution in [0, 0.1) is 0 Å². The van der Waals surface area contributed by atoms with Gasteiger partial charge in [-0.15, -0.1) is 0 Å². The SMILES string of the molecule is NNC1=NCCc2ccccc2N1. The second-order valence-electron chi connectivity index (χ2n) is 2.91. The molecule has 13 heavy (non-hydrogen) atoms. The summed E-state index contributed by atoms with van der Waals surface area (Å²) in [5, 5.41) is 3.12. The van der Waals surface area contributed by atoms with Crippen LogP contribution < -0.4 is 16.6 Å². The van der Waals surface area contributed by atoms with E-state index in [1.807, 2.05) is 18.2 Å². The third kappa shape index (κ3) is 1.62. The van der Waals surface area contributed by atoms with Gasteiger partial charge in [-0.25, -0.2) is 5.84 Å². The highest BCUT2D eigenvalue weighted by molar-refractivity contribution is 5.94. The normalized spacial score (nSPS) is 15.0. The lowest BCUT2D eigenvalue weighted by molar-refractivity contribution is 0.947. The lowest BCUT2D eigenvalue weighted by Gasteiger charge is -2.08. The van der Waals surface area contributed by atoms with Gasteiger partial charge in [0.25, 0.3) is 0 Å². The third-order valence-electron chi connectivity index (χ3n) is 2.06. The first-order valence-corrected chi connectivity index (χ1v) is 4.26. The van der Waals surface area contributed by atoms with Crippen LogP contribution in [-0.2, 0) is 6.42 Å². The molecule has 0 bridgehead atoms. The first-order valence-electron chi connectivity index (χ1n) is 4.26. The zero-order valence-electron chi connectivity index (χ0n) is 7.25. The van der Waals surface area contributed by atoms with Crippen LogP contribution in [0.1, 0.15) is 5.56 Å². The molecule has 2 rings (SSSR count). The lowest BCUT2D eigenvalue weighted by Crippen LogP contribution is -2.36. The molecule has 1 aliphatic heterocycles. The maximum atomic E-state index is 5.29. The number of anilines is 1. The van der Waals surface area contributed by atoms with Gasteiger partial charge < -0.3 is 5.32 Å². The standard InChI is InChI=1S/C9H12N4/c10-13-9-11-6-5-7-3-1-2-4-8(7)12-9/h1-4H,5-6,10H2,(H2,11,12,13). The Labute approximate surface area is 76.8 Å². The molecule has 4 nitrogen and oxygen atoms in total. The van der Waals surface area contributed by atoms with Crippen LogP contribution in [0.4, 0.5) is 5.69 Å². The molecule has 0 aromatic heterocycles. The Morgan fingerprint density at radius 1 is 1.38 bits per heavy atom. The summed E-state index contributed by atoms with van der Waals surface area (Å²) in [6, 6.07) is 8.14. The minimum atomic E-state index is 0.630. The highest BCUT2D eigenvalue weighted by Crippen LogP contribution is 2.17. The maximum absolute atomic E-state index is 5.29. The minimum Gasteiger partial charge on any atom is -0.325 e. The number of hydrogen-bond donors (Lipinski definition) is 3. The molecule has 0 spiro atoms. The molecule has 4 heteroatoms. The van der Waals surface area contributed by atoms with Crippen LogP contribution in [0.15, 0.2) is 29.3 Å². The van der Waals surface area contributed by atoms with Crippen molar-refractivity contribution < 1.29 is 0 Å². The molecule has 0 amide bonds. The van der Waals surface area contributed by atoms with Crippen molar-refractivity contribution in [3.63, 3.8) is 0 Å². The van der Waals surface area contributed by atoms with Crippen LogP contribution in [0.3, 0.4) is 0 Å². The number of benzene rings is 1. The molecule has 0 atom stereocenters. The number of hydrazine groups is 1. The fourth-order valence-corrected chi connectivity index (χ4v) is 1.40. The molecule has 0 saturated heterocycles. The van der Waals surface area contributed by atoms with Gasteiger partial charge in [-0.2, -0.15) is 0 Å². The van der Waals surface area contributed by atoms with Gasteiger partial charge in [0.15, 0.2) is 0 Å². The number of guanidine groups is 1. The summed E-state index contributed by atoms with van der Waals surface area (Å²) in [6.45, 7) is 0.767. The molecule has 0 unspecified atom stereocenters. The van der Waals surface area contributed by atoms with Crippen LogP contribution in [0.5, 0.6) is 0 Å². The second kappa shape index (κ2) is 3.45. The van der Waals surface area contributed by atoms with Crippen molar-refractivity contribution in [3.8, 4) is 0 Å². The van der Waals surface area contributed by atoms with Gasteiger partial charge in [-0.05, 0) is 18.1 Å². The molecule has 0 aliphatic carbocycles. The zero-order valence-corrected chi connectivity index (χ0v) is 7.25. The Morgan fingerprint density at radius 3 is 3.08 bits per heavy atom. The summed E-state index contributed by atoms with van der Waals surface area (Å²) in [4.78, 5) is 4.23. The molecule has 4 N–H and O–H groups in total. The first-order chi connectivity index (χ1) is 6.40. The van der Waals surface area contributed by atoms with Crippen LogP contribution in [0.2, 0.25) is 0 Å². The average Bonchev–Trinajstić information content (AvgIpc) is 2.38. The Morgan fingerprint density at radius 2 is 2.23 bits per heavy atom. The quantitative estimate of drug-likeness (QED) is 0.398. The van der Waals surface area contributed by atoms with Crippen molar-refractivity contribution in [1.82, 2.24) is 5.43 Å². The monoisotopic (exact) mass is 176 g/mol. The number of para-hydroxylation sites is 1. The van der Waals surface area contributed by atoms with Gasteiger partial charge in [-0.3, -0.25) is 10.4 Å². The Hall–Kier alpha value is -1.55. The predicted molar refractivity (Wildman–Crippen MR) is 53.4 cm³/mol. The molecule has 1 aromatic rings. The largest absolute Gasteiger partial charge is 0.325 e. The summed E-state index contributed by atoms with van der Waals surface area (Å²) >= 11 is 0. The van der Waals surface area contributed by atoms with E-state index in [0.717, 1.165) is 18.7 Å². The molecule has 1 aliphatic rings. The number of nitrogens with one attached hydrogen (secondary N) is 2.